The number of carbonyl (C=O) groups is 2. The number of rotatable bonds is 5. The van der Waals surface area contributed by atoms with Crippen LogP contribution >= 0.6 is 0 Å². The van der Waals surface area contributed by atoms with Crippen molar-refractivity contribution in [3.63, 3.8) is 0 Å². The molecule has 0 heterocycles. The first-order chi connectivity index (χ1) is 9.31. The van der Waals surface area contributed by atoms with Crippen LogP contribution in [0.5, 0.6) is 0 Å². The Morgan fingerprint density at radius 3 is 2.20 bits per heavy atom. The van der Waals surface area contributed by atoms with Gasteiger partial charge in [-0.2, -0.15) is 0 Å². The van der Waals surface area contributed by atoms with Crippen molar-refractivity contribution < 1.29 is 14.7 Å². The molecule has 6 heteroatoms. The van der Waals surface area contributed by atoms with Gasteiger partial charge in [-0.25, -0.2) is 4.79 Å². The van der Waals surface area contributed by atoms with Crippen molar-refractivity contribution in [1.29, 1.82) is 0 Å². The highest BCUT2D eigenvalue weighted by Gasteiger charge is 2.18. The normalized spacial score (nSPS) is 12.1. The molecule has 1 atom stereocenters. The number of urea groups is 1. The van der Waals surface area contributed by atoms with E-state index < -0.39 is 12.0 Å². The third kappa shape index (κ3) is 4.55. The molecule has 6 nitrogen and oxygen atoms in total. The summed E-state index contributed by atoms with van der Waals surface area (Å²) in [6, 6.07) is 6.33. The Morgan fingerprint density at radius 2 is 1.80 bits per heavy atom. The highest BCUT2D eigenvalue weighted by Crippen LogP contribution is 2.16. The Bertz CT molecular complexity index is 469. The number of hydrogen-bond acceptors (Lipinski definition) is 3. The summed E-state index contributed by atoms with van der Waals surface area (Å²) in [4.78, 5) is 24.4. The minimum absolute atomic E-state index is 0.130. The van der Waals surface area contributed by atoms with Gasteiger partial charge in [-0.1, -0.05) is 12.1 Å². The summed E-state index contributed by atoms with van der Waals surface area (Å²) < 4.78 is 0. The Kier molecular flexibility index (Phi) is 5.52. The molecule has 0 aliphatic heterocycles. The number of nitrogens with zero attached hydrogens (tertiary/aromatic N) is 1. The number of nitrogens with two attached hydrogens (primary N) is 1. The van der Waals surface area contributed by atoms with E-state index in [-0.39, 0.29) is 18.6 Å². The van der Waals surface area contributed by atoms with Crippen LogP contribution in [0.3, 0.4) is 0 Å². The van der Waals surface area contributed by atoms with Crippen LogP contribution in [0.2, 0.25) is 0 Å². The molecule has 3 amide bonds. The summed E-state index contributed by atoms with van der Waals surface area (Å²) in [6.07, 6.45) is -0.554. The van der Waals surface area contributed by atoms with Gasteiger partial charge in [-0.05, 0) is 38.5 Å². The molecule has 1 aromatic rings. The number of amides is 3. The summed E-state index contributed by atoms with van der Waals surface area (Å²) in [7, 11) is 0. The van der Waals surface area contributed by atoms with Gasteiger partial charge in [0.05, 0.1) is 6.10 Å². The highest BCUT2D eigenvalue weighted by molar-refractivity contribution is 5.92. The number of primary amides is 1. The lowest BCUT2D eigenvalue weighted by Gasteiger charge is -2.25. The van der Waals surface area contributed by atoms with Crippen molar-refractivity contribution in [3.8, 4) is 0 Å². The van der Waals surface area contributed by atoms with Crippen molar-refractivity contribution in [3.05, 3.63) is 29.8 Å². The topological polar surface area (TPSA) is 95.7 Å². The second-order valence-electron chi connectivity index (χ2n) is 4.92. The Hall–Kier alpha value is -2.08. The SMILES string of the molecule is CC(O)c1ccc(NC(=O)N(CC(N)=O)C(C)C)cc1. The number of hydrogen-bond donors (Lipinski definition) is 3. The highest BCUT2D eigenvalue weighted by atomic mass is 16.3. The van der Waals surface area contributed by atoms with E-state index in [9.17, 15) is 14.7 Å². The van der Waals surface area contributed by atoms with Crippen molar-refractivity contribution in [1.82, 2.24) is 4.90 Å². The lowest BCUT2D eigenvalue weighted by atomic mass is 10.1. The Labute approximate surface area is 118 Å². The molecule has 0 fully saturated rings. The van der Waals surface area contributed by atoms with Crippen LogP contribution in [0, 0.1) is 0 Å². The minimum Gasteiger partial charge on any atom is -0.389 e. The summed E-state index contributed by atoms with van der Waals surface area (Å²) in [5.41, 5.74) is 6.48. The van der Waals surface area contributed by atoms with E-state index in [1.54, 1.807) is 45.0 Å². The number of anilines is 1. The van der Waals surface area contributed by atoms with Gasteiger partial charge >= 0.3 is 6.03 Å². The van der Waals surface area contributed by atoms with Gasteiger partial charge in [0.2, 0.25) is 5.91 Å². The fraction of sp³-hybridized carbons (Fsp3) is 0.429. The molecule has 1 aromatic carbocycles. The maximum atomic E-state index is 12.1. The first kappa shape index (κ1) is 16.0. The van der Waals surface area contributed by atoms with Crippen molar-refractivity contribution in [2.75, 3.05) is 11.9 Å². The van der Waals surface area contributed by atoms with E-state index in [1.807, 2.05) is 0 Å². The van der Waals surface area contributed by atoms with Crippen LogP contribution in [0.25, 0.3) is 0 Å². The van der Waals surface area contributed by atoms with Gasteiger partial charge in [-0.15, -0.1) is 0 Å². The van der Waals surface area contributed by atoms with Crippen molar-refractivity contribution in [2.45, 2.75) is 32.9 Å². The van der Waals surface area contributed by atoms with E-state index >= 15 is 0 Å². The standard InChI is InChI=1S/C14H21N3O3/c1-9(2)17(8-13(15)19)14(20)16-12-6-4-11(5-7-12)10(3)18/h4-7,9-10,18H,8H2,1-3H3,(H2,15,19)(H,16,20). The molecule has 0 saturated heterocycles. The lowest BCUT2D eigenvalue weighted by Crippen LogP contribution is -2.44. The minimum atomic E-state index is -0.557. The maximum Gasteiger partial charge on any atom is 0.322 e. The molecular weight excluding hydrogens is 258 g/mol. The molecule has 0 aliphatic carbocycles. The molecule has 1 unspecified atom stereocenters. The van der Waals surface area contributed by atoms with Crippen LogP contribution in [-0.4, -0.2) is 34.5 Å². The predicted molar refractivity (Wildman–Crippen MR) is 77.1 cm³/mol. The largest absolute Gasteiger partial charge is 0.389 e. The van der Waals surface area contributed by atoms with E-state index in [0.717, 1.165) is 5.56 Å². The molecule has 0 aliphatic rings. The molecule has 0 saturated carbocycles. The first-order valence-corrected chi connectivity index (χ1v) is 6.45. The summed E-state index contributed by atoms with van der Waals surface area (Å²) in [5, 5.41) is 12.1. The lowest BCUT2D eigenvalue weighted by molar-refractivity contribution is -0.118. The number of carbonyl (C=O) groups excluding carboxylic acids is 2. The summed E-state index contributed by atoms with van der Waals surface area (Å²) in [5.74, 6) is -0.557. The smallest absolute Gasteiger partial charge is 0.322 e. The molecule has 110 valence electrons. The number of benzene rings is 1. The molecule has 4 N–H and O–H groups in total. The van der Waals surface area contributed by atoms with Crippen LogP contribution in [0.15, 0.2) is 24.3 Å². The molecular formula is C14H21N3O3. The Balaban J connectivity index is 2.75. The average molecular weight is 279 g/mol. The fourth-order valence-electron chi connectivity index (χ4n) is 1.70. The molecule has 0 radical (unpaired) electrons. The van der Waals surface area contributed by atoms with Gasteiger partial charge < -0.3 is 21.1 Å². The maximum absolute atomic E-state index is 12.1. The van der Waals surface area contributed by atoms with Gasteiger partial charge in [0.1, 0.15) is 6.54 Å². The second kappa shape index (κ2) is 6.91. The van der Waals surface area contributed by atoms with Gasteiger partial charge in [0.25, 0.3) is 0 Å². The van der Waals surface area contributed by atoms with Gasteiger partial charge in [0, 0.05) is 11.7 Å². The van der Waals surface area contributed by atoms with Crippen molar-refractivity contribution in [2.24, 2.45) is 5.73 Å². The third-order valence-corrected chi connectivity index (χ3v) is 2.85. The number of aliphatic hydroxyl groups excluding tert-OH is 1. The van der Waals surface area contributed by atoms with E-state index in [0.29, 0.717) is 5.69 Å². The van der Waals surface area contributed by atoms with E-state index in [1.165, 1.54) is 4.90 Å². The molecule has 1 rings (SSSR count). The predicted octanol–water partition coefficient (Wildman–Crippen LogP) is 1.47. The summed E-state index contributed by atoms with van der Waals surface area (Å²) >= 11 is 0. The zero-order valence-electron chi connectivity index (χ0n) is 12.0. The average Bonchev–Trinajstić information content (AvgIpc) is 2.35. The quantitative estimate of drug-likeness (QED) is 0.761. The molecule has 0 spiro atoms. The van der Waals surface area contributed by atoms with E-state index in [2.05, 4.69) is 5.32 Å². The third-order valence-electron chi connectivity index (χ3n) is 2.85. The van der Waals surface area contributed by atoms with Gasteiger partial charge in [0.15, 0.2) is 0 Å². The molecule has 0 bridgehead atoms. The fourth-order valence-corrected chi connectivity index (χ4v) is 1.70. The Morgan fingerprint density at radius 1 is 1.25 bits per heavy atom. The van der Waals surface area contributed by atoms with Crippen LogP contribution in [0.4, 0.5) is 10.5 Å². The molecule has 20 heavy (non-hydrogen) atoms. The number of aliphatic hydroxyl groups is 1. The molecule has 0 aromatic heterocycles. The number of nitrogens with one attached hydrogen (secondary N) is 1. The summed E-state index contributed by atoms with van der Waals surface area (Å²) in [6.45, 7) is 5.15. The first-order valence-electron chi connectivity index (χ1n) is 6.45. The van der Waals surface area contributed by atoms with E-state index in [4.69, 9.17) is 5.73 Å². The second-order valence-corrected chi connectivity index (χ2v) is 4.92. The van der Waals surface area contributed by atoms with Crippen LogP contribution in [-0.2, 0) is 4.79 Å². The van der Waals surface area contributed by atoms with Crippen molar-refractivity contribution >= 4 is 17.6 Å². The van der Waals surface area contributed by atoms with Crippen LogP contribution in [0.1, 0.15) is 32.4 Å². The van der Waals surface area contributed by atoms with Gasteiger partial charge in [-0.3, -0.25) is 4.79 Å². The zero-order valence-corrected chi connectivity index (χ0v) is 12.0. The van der Waals surface area contributed by atoms with Crippen LogP contribution < -0.4 is 11.1 Å². The zero-order chi connectivity index (χ0) is 15.3. The monoisotopic (exact) mass is 279 g/mol.